The maximum absolute atomic E-state index is 11.5. The van der Waals surface area contributed by atoms with Crippen LogP contribution in [-0.2, 0) is 11.3 Å². The number of hydrogen-bond acceptors (Lipinski definition) is 5. The first-order chi connectivity index (χ1) is 9.28. The molecule has 0 aromatic carbocycles. The minimum atomic E-state index is -0.918. The number of rotatable bonds is 6. The molecule has 0 saturated carbocycles. The monoisotopic (exact) mass is 284 g/mol. The SMILES string of the molecule is CC(C)(C)CC(CNC(=O)NCc1ncon1)C(=O)O. The van der Waals surface area contributed by atoms with Gasteiger partial charge in [0, 0.05) is 6.54 Å². The van der Waals surface area contributed by atoms with Gasteiger partial charge in [0.2, 0.25) is 6.39 Å². The first kappa shape index (κ1) is 15.9. The van der Waals surface area contributed by atoms with Crippen LogP contribution in [0.4, 0.5) is 4.79 Å². The Morgan fingerprint density at radius 2 is 2.10 bits per heavy atom. The van der Waals surface area contributed by atoms with Crippen LogP contribution < -0.4 is 10.6 Å². The van der Waals surface area contributed by atoms with E-state index < -0.39 is 17.9 Å². The first-order valence-corrected chi connectivity index (χ1v) is 6.27. The number of nitrogens with zero attached hydrogens (tertiary/aromatic N) is 2. The normalized spacial score (nSPS) is 12.8. The van der Waals surface area contributed by atoms with Crippen molar-refractivity contribution in [3.05, 3.63) is 12.2 Å². The number of carbonyl (C=O) groups is 2. The molecule has 0 aliphatic rings. The fraction of sp³-hybridized carbons (Fsp3) is 0.667. The zero-order valence-corrected chi connectivity index (χ0v) is 11.8. The van der Waals surface area contributed by atoms with E-state index in [0.29, 0.717) is 12.2 Å². The quantitative estimate of drug-likeness (QED) is 0.717. The Morgan fingerprint density at radius 1 is 1.40 bits per heavy atom. The molecule has 1 rings (SSSR count). The molecular formula is C12H20N4O4. The second-order valence-electron chi connectivity index (χ2n) is 5.71. The third-order valence-electron chi connectivity index (χ3n) is 2.53. The topological polar surface area (TPSA) is 117 Å². The highest BCUT2D eigenvalue weighted by atomic mass is 16.5. The summed E-state index contributed by atoms with van der Waals surface area (Å²) in [6.07, 6.45) is 1.65. The van der Waals surface area contributed by atoms with E-state index in [9.17, 15) is 9.59 Å². The molecule has 2 amide bonds. The number of carboxylic acid groups (broad SMARTS) is 1. The highest BCUT2D eigenvalue weighted by molar-refractivity contribution is 5.75. The number of aliphatic carboxylic acids is 1. The summed E-state index contributed by atoms with van der Waals surface area (Å²) in [4.78, 5) is 26.4. The molecule has 0 aliphatic heterocycles. The van der Waals surface area contributed by atoms with E-state index in [-0.39, 0.29) is 18.5 Å². The second-order valence-corrected chi connectivity index (χ2v) is 5.71. The van der Waals surface area contributed by atoms with Gasteiger partial charge in [-0.25, -0.2) is 4.79 Å². The molecule has 3 N–H and O–H groups in total. The zero-order valence-electron chi connectivity index (χ0n) is 11.8. The lowest BCUT2D eigenvalue weighted by Crippen LogP contribution is -2.40. The van der Waals surface area contributed by atoms with Gasteiger partial charge in [0.25, 0.3) is 0 Å². The number of nitrogens with one attached hydrogen (secondary N) is 2. The lowest BCUT2D eigenvalue weighted by molar-refractivity contribution is -0.142. The van der Waals surface area contributed by atoms with Crippen LogP contribution >= 0.6 is 0 Å². The summed E-state index contributed by atoms with van der Waals surface area (Å²) in [6.45, 7) is 6.07. The lowest BCUT2D eigenvalue weighted by atomic mass is 9.84. The third kappa shape index (κ3) is 6.17. The molecule has 1 atom stereocenters. The molecule has 112 valence electrons. The third-order valence-corrected chi connectivity index (χ3v) is 2.53. The van der Waals surface area contributed by atoms with Crippen molar-refractivity contribution in [3.63, 3.8) is 0 Å². The van der Waals surface area contributed by atoms with Crippen molar-refractivity contribution in [1.29, 1.82) is 0 Å². The van der Waals surface area contributed by atoms with Gasteiger partial charge in [-0.15, -0.1) is 0 Å². The van der Waals surface area contributed by atoms with Gasteiger partial charge in [-0.1, -0.05) is 25.9 Å². The van der Waals surface area contributed by atoms with Gasteiger partial charge in [-0.3, -0.25) is 4.79 Å². The van der Waals surface area contributed by atoms with E-state index in [4.69, 9.17) is 5.11 Å². The van der Waals surface area contributed by atoms with Crippen molar-refractivity contribution in [2.24, 2.45) is 11.3 Å². The highest BCUT2D eigenvalue weighted by Crippen LogP contribution is 2.24. The maximum Gasteiger partial charge on any atom is 0.315 e. The average molecular weight is 284 g/mol. The number of urea groups is 1. The second kappa shape index (κ2) is 6.88. The number of hydrogen-bond donors (Lipinski definition) is 3. The van der Waals surface area contributed by atoms with Gasteiger partial charge in [0.1, 0.15) is 0 Å². The highest BCUT2D eigenvalue weighted by Gasteiger charge is 2.24. The van der Waals surface area contributed by atoms with Crippen LogP contribution in [0.2, 0.25) is 0 Å². The molecule has 20 heavy (non-hydrogen) atoms. The van der Waals surface area contributed by atoms with Crippen molar-refractivity contribution >= 4 is 12.0 Å². The Morgan fingerprint density at radius 3 is 2.60 bits per heavy atom. The molecule has 0 spiro atoms. The maximum atomic E-state index is 11.5. The van der Waals surface area contributed by atoms with Crippen molar-refractivity contribution < 1.29 is 19.2 Å². The summed E-state index contributed by atoms with van der Waals surface area (Å²) < 4.78 is 4.52. The molecule has 1 aromatic rings. The van der Waals surface area contributed by atoms with Gasteiger partial charge < -0.3 is 20.3 Å². The Hall–Kier alpha value is -2.12. The van der Waals surface area contributed by atoms with Crippen LogP contribution in [-0.4, -0.2) is 33.8 Å². The predicted molar refractivity (Wildman–Crippen MR) is 69.7 cm³/mol. The van der Waals surface area contributed by atoms with Gasteiger partial charge >= 0.3 is 12.0 Å². The molecule has 1 heterocycles. The minimum Gasteiger partial charge on any atom is -0.481 e. The fourth-order valence-corrected chi connectivity index (χ4v) is 1.69. The first-order valence-electron chi connectivity index (χ1n) is 6.27. The van der Waals surface area contributed by atoms with E-state index in [0.717, 1.165) is 0 Å². The van der Waals surface area contributed by atoms with E-state index in [1.165, 1.54) is 6.39 Å². The summed E-state index contributed by atoms with van der Waals surface area (Å²) in [5, 5.41) is 17.7. The molecule has 0 saturated heterocycles. The Labute approximate surface area is 116 Å². The van der Waals surface area contributed by atoms with Crippen LogP contribution in [0.5, 0.6) is 0 Å². The molecular weight excluding hydrogens is 264 g/mol. The largest absolute Gasteiger partial charge is 0.481 e. The van der Waals surface area contributed by atoms with Crippen molar-refractivity contribution in [3.8, 4) is 0 Å². The minimum absolute atomic E-state index is 0.0741. The van der Waals surface area contributed by atoms with E-state index >= 15 is 0 Å². The van der Waals surface area contributed by atoms with Crippen LogP contribution in [0.15, 0.2) is 10.9 Å². The van der Waals surface area contributed by atoms with Gasteiger partial charge in [0.05, 0.1) is 12.5 Å². The number of carbonyl (C=O) groups excluding carboxylic acids is 1. The van der Waals surface area contributed by atoms with Crippen molar-refractivity contribution in [2.75, 3.05) is 6.54 Å². The molecule has 8 nitrogen and oxygen atoms in total. The van der Waals surface area contributed by atoms with Crippen molar-refractivity contribution in [2.45, 2.75) is 33.7 Å². The Bertz CT molecular complexity index is 439. The molecule has 0 aliphatic carbocycles. The van der Waals surface area contributed by atoms with Crippen LogP contribution in [0.3, 0.4) is 0 Å². The average Bonchev–Trinajstić information content (AvgIpc) is 2.83. The Balaban J connectivity index is 2.35. The van der Waals surface area contributed by atoms with Crippen LogP contribution in [0.25, 0.3) is 0 Å². The zero-order chi connectivity index (χ0) is 15.2. The van der Waals surface area contributed by atoms with Crippen molar-refractivity contribution in [1.82, 2.24) is 20.8 Å². The number of amides is 2. The fourth-order valence-electron chi connectivity index (χ4n) is 1.69. The molecule has 1 aromatic heterocycles. The van der Waals surface area contributed by atoms with Gasteiger partial charge in [-0.05, 0) is 11.8 Å². The smallest absolute Gasteiger partial charge is 0.315 e. The molecule has 0 radical (unpaired) electrons. The molecule has 1 unspecified atom stereocenters. The summed E-state index contributed by atoms with van der Waals surface area (Å²) in [5.41, 5.74) is -0.119. The summed E-state index contributed by atoms with van der Waals surface area (Å²) >= 11 is 0. The van der Waals surface area contributed by atoms with Gasteiger partial charge in [0.15, 0.2) is 5.82 Å². The van der Waals surface area contributed by atoms with E-state index in [1.54, 1.807) is 0 Å². The lowest BCUT2D eigenvalue weighted by Gasteiger charge is -2.23. The Kier molecular flexibility index (Phi) is 5.48. The molecule has 0 bridgehead atoms. The predicted octanol–water partition coefficient (Wildman–Crippen LogP) is 1.01. The molecule has 0 fully saturated rings. The van der Waals surface area contributed by atoms with E-state index in [1.807, 2.05) is 20.8 Å². The summed E-state index contributed by atoms with van der Waals surface area (Å²) in [5.74, 6) is -1.19. The summed E-state index contributed by atoms with van der Waals surface area (Å²) in [7, 11) is 0. The van der Waals surface area contributed by atoms with Gasteiger partial charge in [-0.2, -0.15) is 4.98 Å². The summed E-state index contributed by atoms with van der Waals surface area (Å²) in [6, 6.07) is -0.463. The van der Waals surface area contributed by atoms with E-state index in [2.05, 4.69) is 25.3 Å². The van der Waals surface area contributed by atoms with Crippen LogP contribution in [0, 0.1) is 11.3 Å². The van der Waals surface area contributed by atoms with Crippen LogP contribution in [0.1, 0.15) is 33.0 Å². The standard InChI is InChI=1S/C12H20N4O4/c1-12(2,3)4-8(10(17)18)5-13-11(19)14-6-9-15-7-20-16-9/h7-8H,4-6H2,1-3H3,(H,17,18)(H2,13,14,19). The molecule has 8 heteroatoms. The number of aromatic nitrogens is 2. The number of carboxylic acids is 1.